The van der Waals surface area contributed by atoms with Crippen LogP contribution in [0.2, 0.25) is 0 Å². The Bertz CT molecular complexity index is 1920. The van der Waals surface area contributed by atoms with Crippen LogP contribution in [0.4, 0.5) is 10.8 Å². The Labute approximate surface area is 234 Å². The van der Waals surface area contributed by atoms with Crippen LogP contribution in [0.3, 0.4) is 0 Å². The number of anilines is 1. The van der Waals surface area contributed by atoms with Gasteiger partial charge >= 0.3 is 5.97 Å². The number of pyridine rings is 1. The van der Waals surface area contributed by atoms with Gasteiger partial charge in [-0.05, 0) is 23.6 Å². The molecule has 0 aliphatic rings. The molecule has 0 fully saturated rings. The smallest absolute Gasteiger partial charge is 0.343 e. The number of carbonyl (C=O) groups is 1. The molecule has 2 aromatic heterocycles. The van der Waals surface area contributed by atoms with Gasteiger partial charge in [0.1, 0.15) is 15.9 Å². The van der Waals surface area contributed by atoms with Crippen LogP contribution < -0.4 is 10.2 Å². The maximum absolute atomic E-state index is 13.3. The third-order valence-corrected chi connectivity index (χ3v) is 8.54. The molecule has 3 aromatic carbocycles. The molecule has 0 radical (unpaired) electrons. The number of aromatic nitrogens is 2. The van der Waals surface area contributed by atoms with E-state index in [0.29, 0.717) is 10.5 Å². The predicted molar refractivity (Wildman–Crippen MR) is 154 cm³/mol. The minimum atomic E-state index is -4.06. The molecule has 5 aromatic rings. The van der Waals surface area contributed by atoms with Crippen molar-refractivity contribution in [3.8, 4) is 11.1 Å². The molecule has 5 rings (SSSR count). The molecule has 0 atom stereocenters. The molecule has 11 heteroatoms. The van der Waals surface area contributed by atoms with Crippen molar-refractivity contribution in [2.45, 2.75) is 18.4 Å². The highest BCUT2D eigenvalue weighted by Gasteiger charge is 2.23. The molecule has 9 nitrogen and oxygen atoms in total. The molecule has 200 valence electrons. The SMILES string of the molecule is [C-]#[N+]c1ccc(S(=O)(=O)Nc2nc3c(=O)c(C(=O)OCC)cn(Cc4ccccc4-c4ccccc4)c3s2)cc1. The highest BCUT2D eigenvalue weighted by atomic mass is 32.2. The number of hydrogen-bond acceptors (Lipinski definition) is 7. The van der Waals surface area contributed by atoms with Gasteiger partial charge in [0.05, 0.1) is 18.1 Å². The van der Waals surface area contributed by atoms with E-state index in [1.54, 1.807) is 11.5 Å². The quantitative estimate of drug-likeness (QED) is 0.189. The number of ether oxygens (including phenoxy) is 1. The number of hydrogen-bond donors (Lipinski definition) is 1. The van der Waals surface area contributed by atoms with Crippen molar-refractivity contribution in [2.75, 3.05) is 11.3 Å². The van der Waals surface area contributed by atoms with Gasteiger partial charge in [0.25, 0.3) is 10.0 Å². The van der Waals surface area contributed by atoms with Crippen molar-refractivity contribution in [3.05, 3.63) is 118 Å². The molecular formula is C29H22N4O5S2. The van der Waals surface area contributed by atoms with Crippen molar-refractivity contribution < 1.29 is 17.9 Å². The monoisotopic (exact) mass is 570 g/mol. The summed E-state index contributed by atoms with van der Waals surface area (Å²) < 4.78 is 35.3. The summed E-state index contributed by atoms with van der Waals surface area (Å²) in [7, 11) is -4.06. The zero-order chi connectivity index (χ0) is 28.3. The summed E-state index contributed by atoms with van der Waals surface area (Å²) in [6.45, 7) is 9.06. The molecule has 0 unspecified atom stereocenters. The lowest BCUT2D eigenvalue weighted by Gasteiger charge is -2.14. The molecule has 40 heavy (non-hydrogen) atoms. The van der Waals surface area contributed by atoms with E-state index < -0.39 is 21.4 Å². The van der Waals surface area contributed by atoms with Gasteiger partial charge in [-0.2, -0.15) is 0 Å². The summed E-state index contributed by atoms with van der Waals surface area (Å²) >= 11 is 0.983. The van der Waals surface area contributed by atoms with E-state index in [9.17, 15) is 18.0 Å². The zero-order valence-corrected chi connectivity index (χ0v) is 22.8. The second kappa shape index (κ2) is 11.1. The van der Waals surface area contributed by atoms with Crippen molar-refractivity contribution >= 4 is 48.5 Å². The summed E-state index contributed by atoms with van der Waals surface area (Å²) in [5, 5.41) is -0.0348. The second-order valence-corrected chi connectivity index (χ2v) is 11.3. The fourth-order valence-corrected chi connectivity index (χ4v) is 6.36. The van der Waals surface area contributed by atoms with Gasteiger partial charge in [-0.1, -0.05) is 90.2 Å². The maximum Gasteiger partial charge on any atom is 0.343 e. The van der Waals surface area contributed by atoms with Gasteiger partial charge < -0.3 is 9.30 Å². The first-order valence-corrected chi connectivity index (χ1v) is 14.5. The molecule has 1 N–H and O–H groups in total. The Hall–Kier alpha value is -4.79. The summed E-state index contributed by atoms with van der Waals surface area (Å²) in [4.78, 5) is 33.9. The van der Waals surface area contributed by atoms with E-state index in [-0.39, 0.29) is 34.3 Å². The number of esters is 1. The molecule has 0 aliphatic carbocycles. The molecule has 0 saturated heterocycles. The molecular weight excluding hydrogens is 548 g/mol. The Morgan fingerprint density at radius 1 is 1.05 bits per heavy atom. The third-order valence-electron chi connectivity index (χ3n) is 6.05. The van der Waals surface area contributed by atoms with Crippen molar-refractivity contribution in [1.82, 2.24) is 9.55 Å². The fraction of sp³-hybridized carbons (Fsp3) is 0.103. The third kappa shape index (κ3) is 5.36. The highest BCUT2D eigenvalue weighted by Crippen LogP contribution is 2.30. The Morgan fingerprint density at radius 2 is 1.75 bits per heavy atom. The van der Waals surface area contributed by atoms with Crippen LogP contribution in [-0.4, -0.2) is 30.5 Å². The number of benzene rings is 3. The molecule has 2 heterocycles. The van der Waals surface area contributed by atoms with E-state index in [0.717, 1.165) is 28.0 Å². The first kappa shape index (κ1) is 26.8. The fourth-order valence-electron chi connectivity index (χ4n) is 4.19. The normalized spacial score (nSPS) is 11.2. The lowest BCUT2D eigenvalue weighted by molar-refractivity contribution is 0.0524. The number of fused-ring (bicyclic) bond motifs is 1. The Kier molecular flexibility index (Phi) is 7.46. The van der Waals surface area contributed by atoms with Gasteiger partial charge in [-0.15, -0.1) is 0 Å². The second-order valence-electron chi connectivity index (χ2n) is 8.63. The number of carbonyl (C=O) groups excluding carboxylic acids is 1. The summed E-state index contributed by atoms with van der Waals surface area (Å²) in [6, 6.07) is 23.0. The van der Waals surface area contributed by atoms with E-state index >= 15 is 0 Å². The van der Waals surface area contributed by atoms with Gasteiger partial charge in [-0.3, -0.25) is 9.52 Å². The summed E-state index contributed by atoms with van der Waals surface area (Å²) in [5.41, 5.74) is 2.31. The van der Waals surface area contributed by atoms with Gasteiger partial charge in [-0.25, -0.2) is 23.0 Å². The summed E-state index contributed by atoms with van der Waals surface area (Å²) in [5.74, 6) is -0.783. The van der Waals surface area contributed by atoms with Crippen LogP contribution in [0.25, 0.3) is 26.3 Å². The molecule has 0 saturated carbocycles. The van der Waals surface area contributed by atoms with Crippen LogP contribution in [-0.2, 0) is 21.3 Å². The molecule has 0 spiro atoms. The van der Waals surface area contributed by atoms with Gasteiger partial charge in [0.15, 0.2) is 10.8 Å². The van der Waals surface area contributed by atoms with Gasteiger partial charge in [0.2, 0.25) is 5.43 Å². The highest BCUT2D eigenvalue weighted by molar-refractivity contribution is 7.93. The zero-order valence-electron chi connectivity index (χ0n) is 21.2. The lowest BCUT2D eigenvalue weighted by Crippen LogP contribution is -2.21. The maximum atomic E-state index is 13.3. The molecule has 0 amide bonds. The van der Waals surface area contributed by atoms with E-state index in [4.69, 9.17) is 11.3 Å². The minimum absolute atomic E-state index is 0.0348. The predicted octanol–water partition coefficient (Wildman–Crippen LogP) is 5.70. The number of sulfonamides is 1. The average molecular weight is 571 g/mol. The van der Waals surface area contributed by atoms with Crippen LogP contribution in [0.5, 0.6) is 0 Å². The van der Waals surface area contributed by atoms with Crippen LogP contribution >= 0.6 is 11.3 Å². The Morgan fingerprint density at radius 3 is 2.45 bits per heavy atom. The number of thiazole rings is 1. The standard InChI is InChI=1S/C29H22N4O5S2/c1-3-38-28(35)24-18-33(17-20-11-7-8-12-23(20)19-9-5-4-6-10-19)27-25(26(24)34)31-29(39-27)32-40(36,37)22-15-13-21(30-2)14-16-22/h4-16,18H,3,17H2,1H3,(H,31,32). The van der Waals surface area contributed by atoms with Gasteiger partial charge in [0, 0.05) is 12.7 Å². The first-order valence-electron chi connectivity index (χ1n) is 12.2. The number of nitrogens with zero attached hydrogens (tertiary/aromatic N) is 3. The minimum Gasteiger partial charge on any atom is -0.462 e. The van der Waals surface area contributed by atoms with E-state index in [2.05, 4.69) is 14.6 Å². The van der Waals surface area contributed by atoms with Crippen LogP contribution in [0.15, 0.2) is 94.7 Å². The number of nitrogens with one attached hydrogen (secondary N) is 1. The average Bonchev–Trinajstić information content (AvgIpc) is 3.39. The van der Waals surface area contributed by atoms with Crippen molar-refractivity contribution in [2.24, 2.45) is 0 Å². The largest absolute Gasteiger partial charge is 0.462 e. The van der Waals surface area contributed by atoms with Crippen LogP contribution in [0, 0.1) is 6.57 Å². The number of rotatable bonds is 8. The molecule has 0 aliphatic heterocycles. The molecule has 0 bridgehead atoms. The van der Waals surface area contributed by atoms with E-state index in [1.165, 1.54) is 30.5 Å². The van der Waals surface area contributed by atoms with Crippen molar-refractivity contribution in [1.29, 1.82) is 0 Å². The van der Waals surface area contributed by atoms with E-state index in [1.807, 2.05) is 54.6 Å². The Balaban J connectivity index is 1.61. The van der Waals surface area contributed by atoms with Crippen LogP contribution in [0.1, 0.15) is 22.8 Å². The topological polar surface area (TPSA) is 112 Å². The first-order chi connectivity index (χ1) is 19.3. The summed E-state index contributed by atoms with van der Waals surface area (Å²) in [6.07, 6.45) is 1.43. The lowest BCUT2D eigenvalue weighted by atomic mass is 9.99. The van der Waals surface area contributed by atoms with Crippen molar-refractivity contribution in [3.63, 3.8) is 0 Å².